The maximum absolute atomic E-state index is 12.1. The van der Waals surface area contributed by atoms with Crippen molar-refractivity contribution < 1.29 is 19.2 Å². The molecule has 7 nitrogen and oxygen atoms in total. The number of amides is 4. The summed E-state index contributed by atoms with van der Waals surface area (Å²) in [5.41, 5.74) is -0.518. The summed E-state index contributed by atoms with van der Waals surface area (Å²) < 4.78 is 0. The van der Waals surface area contributed by atoms with Crippen LogP contribution < -0.4 is 10.6 Å². The summed E-state index contributed by atoms with van der Waals surface area (Å²) in [4.78, 5) is 48.1. The van der Waals surface area contributed by atoms with Crippen molar-refractivity contribution in [1.82, 2.24) is 15.5 Å². The maximum Gasteiger partial charge on any atom is 0.249 e. The van der Waals surface area contributed by atoms with Gasteiger partial charge in [-0.2, -0.15) is 0 Å². The van der Waals surface area contributed by atoms with E-state index in [9.17, 15) is 19.2 Å². The van der Waals surface area contributed by atoms with E-state index >= 15 is 0 Å². The topological polar surface area (TPSA) is 95.6 Å². The molecule has 1 rings (SSSR count). The third kappa shape index (κ3) is 4.54. The van der Waals surface area contributed by atoms with Crippen LogP contribution in [0.5, 0.6) is 0 Å². The minimum Gasteiger partial charge on any atom is -0.355 e. The fourth-order valence-corrected chi connectivity index (χ4v) is 2.03. The van der Waals surface area contributed by atoms with Crippen molar-refractivity contribution in [2.45, 2.75) is 46.6 Å². The second-order valence-electron chi connectivity index (χ2n) is 6.11. The smallest absolute Gasteiger partial charge is 0.249 e. The molecule has 0 radical (unpaired) electrons. The standard InChI is InChI=1S/C14H23N3O4/c1-5-9-12(20)16-10(18)8-17(9)11(19)6-7-15-13(21)14(2,3)4/h9H,5-8H2,1-4H3,(H,15,21)(H,16,18,20). The fraction of sp³-hybridized carbons (Fsp3) is 0.714. The normalized spacial score (nSPS) is 19.2. The third-order valence-corrected chi connectivity index (χ3v) is 3.27. The lowest BCUT2D eigenvalue weighted by Crippen LogP contribution is -2.59. The number of nitrogens with zero attached hydrogens (tertiary/aromatic N) is 1. The molecule has 1 unspecified atom stereocenters. The van der Waals surface area contributed by atoms with Gasteiger partial charge < -0.3 is 10.2 Å². The predicted octanol–water partition coefficient (Wildman–Crippen LogP) is -0.198. The molecule has 21 heavy (non-hydrogen) atoms. The molecule has 1 aliphatic rings. The van der Waals surface area contributed by atoms with Crippen molar-refractivity contribution >= 4 is 23.6 Å². The zero-order valence-corrected chi connectivity index (χ0v) is 13.0. The van der Waals surface area contributed by atoms with Gasteiger partial charge in [-0.3, -0.25) is 24.5 Å². The molecule has 0 aromatic heterocycles. The molecular weight excluding hydrogens is 274 g/mol. The number of piperazine rings is 1. The molecule has 7 heteroatoms. The van der Waals surface area contributed by atoms with Gasteiger partial charge in [-0.1, -0.05) is 27.7 Å². The average Bonchev–Trinajstić information content (AvgIpc) is 2.36. The van der Waals surface area contributed by atoms with E-state index < -0.39 is 23.3 Å². The highest BCUT2D eigenvalue weighted by Crippen LogP contribution is 2.13. The Morgan fingerprint density at radius 3 is 2.48 bits per heavy atom. The van der Waals surface area contributed by atoms with Crippen LogP contribution in [-0.2, 0) is 19.2 Å². The zero-order valence-electron chi connectivity index (χ0n) is 13.0. The maximum atomic E-state index is 12.1. The van der Waals surface area contributed by atoms with Crippen LogP contribution in [0, 0.1) is 5.41 Å². The first-order chi connectivity index (χ1) is 9.66. The van der Waals surface area contributed by atoms with Gasteiger partial charge in [0.25, 0.3) is 0 Å². The van der Waals surface area contributed by atoms with Crippen LogP contribution in [0.1, 0.15) is 40.5 Å². The van der Waals surface area contributed by atoms with Crippen molar-refractivity contribution in [1.29, 1.82) is 0 Å². The summed E-state index contributed by atoms with van der Waals surface area (Å²) in [6.07, 6.45) is 0.512. The number of rotatable bonds is 4. The lowest BCUT2D eigenvalue weighted by Gasteiger charge is -2.33. The lowest BCUT2D eigenvalue weighted by atomic mass is 9.96. The van der Waals surface area contributed by atoms with Gasteiger partial charge in [0, 0.05) is 18.4 Å². The molecule has 0 saturated carbocycles. The van der Waals surface area contributed by atoms with Gasteiger partial charge in [0.05, 0.1) is 0 Å². The first-order valence-corrected chi connectivity index (χ1v) is 7.08. The minimum absolute atomic E-state index is 0.0683. The summed E-state index contributed by atoms with van der Waals surface area (Å²) in [5.74, 6) is -1.37. The van der Waals surface area contributed by atoms with E-state index in [0.717, 1.165) is 0 Å². The molecule has 1 saturated heterocycles. The molecule has 2 N–H and O–H groups in total. The molecule has 118 valence electrons. The predicted molar refractivity (Wildman–Crippen MR) is 76.0 cm³/mol. The monoisotopic (exact) mass is 297 g/mol. The first-order valence-electron chi connectivity index (χ1n) is 7.08. The molecule has 0 spiro atoms. The second kappa shape index (κ2) is 6.69. The lowest BCUT2D eigenvalue weighted by molar-refractivity contribution is -0.150. The van der Waals surface area contributed by atoms with Gasteiger partial charge in [0.2, 0.25) is 23.6 Å². The molecule has 1 aliphatic heterocycles. The van der Waals surface area contributed by atoms with E-state index in [4.69, 9.17) is 0 Å². The molecule has 4 amide bonds. The fourth-order valence-electron chi connectivity index (χ4n) is 2.03. The minimum atomic E-state index is -0.617. The van der Waals surface area contributed by atoms with Crippen LogP contribution in [-0.4, -0.2) is 47.7 Å². The molecular formula is C14H23N3O4. The summed E-state index contributed by atoms with van der Waals surface area (Å²) in [6, 6.07) is -0.617. The van der Waals surface area contributed by atoms with E-state index in [1.807, 2.05) is 0 Å². The molecule has 0 aliphatic carbocycles. The Kier molecular flexibility index (Phi) is 5.46. The highest BCUT2D eigenvalue weighted by molar-refractivity contribution is 6.04. The Bertz CT molecular complexity index is 454. The van der Waals surface area contributed by atoms with Crippen molar-refractivity contribution in [3.05, 3.63) is 0 Å². The van der Waals surface area contributed by atoms with Gasteiger partial charge >= 0.3 is 0 Å². The number of imide groups is 1. The number of carbonyl (C=O) groups is 4. The van der Waals surface area contributed by atoms with E-state index in [0.29, 0.717) is 6.42 Å². The number of hydrogen-bond donors (Lipinski definition) is 2. The van der Waals surface area contributed by atoms with Gasteiger partial charge in [-0.05, 0) is 6.42 Å². The Morgan fingerprint density at radius 1 is 1.33 bits per heavy atom. The van der Waals surface area contributed by atoms with E-state index in [1.165, 1.54) is 4.90 Å². The molecule has 0 bridgehead atoms. The molecule has 0 aromatic carbocycles. The van der Waals surface area contributed by atoms with Gasteiger partial charge in [0.15, 0.2) is 0 Å². The van der Waals surface area contributed by atoms with E-state index in [1.54, 1.807) is 27.7 Å². The largest absolute Gasteiger partial charge is 0.355 e. The number of nitrogens with one attached hydrogen (secondary N) is 2. The summed E-state index contributed by atoms with van der Waals surface area (Å²) in [5, 5.41) is 4.89. The van der Waals surface area contributed by atoms with E-state index in [-0.39, 0.29) is 31.3 Å². The van der Waals surface area contributed by atoms with Crippen LogP contribution in [0.3, 0.4) is 0 Å². The van der Waals surface area contributed by atoms with Crippen LogP contribution >= 0.6 is 0 Å². The molecule has 1 fully saturated rings. The zero-order chi connectivity index (χ0) is 16.2. The number of hydrogen-bond acceptors (Lipinski definition) is 4. The van der Waals surface area contributed by atoms with Crippen molar-refractivity contribution in [2.75, 3.05) is 13.1 Å². The van der Waals surface area contributed by atoms with Crippen LogP contribution in [0.2, 0.25) is 0 Å². The molecule has 1 heterocycles. The van der Waals surface area contributed by atoms with Crippen molar-refractivity contribution in [3.8, 4) is 0 Å². The summed E-state index contributed by atoms with van der Waals surface area (Å²) >= 11 is 0. The van der Waals surface area contributed by atoms with Crippen LogP contribution in [0.15, 0.2) is 0 Å². The summed E-state index contributed by atoms with van der Waals surface area (Å²) in [6.45, 7) is 7.20. The van der Waals surface area contributed by atoms with Gasteiger partial charge in [0.1, 0.15) is 12.6 Å². The Balaban J connectivity index is 2.56. The molecule has 1 atom stereocenters. The van der Waals surface area contributed by atoms with Gasteiger partial charge in [-0.25, -0.2) is 0 Å². The Labute approximate surface area is 124 Å². The van der Waals surface area contributed by atoms with Crippen LogP contribution in [0.25, 0.3) is 0 Å². The van der Waals surface area contributed by atoms with E-state index in [2.05, 4.69) is 10.6 Å². The van der Waals surface area contributed by atoms with Gasteiger partial charge in [-0.15, -0.1) is 0 Å². The van der Waals surface area contributed by atoms with Crippen molar-refractivity contribution in [2.24, 2.45) is 5.41 Å². The highest BCUT2D eigenvalue weighted by atomic mass is 16.2. The molecule has 0 aromatic rings. The number of carbonyl (C=O) groups excluding carboxylic acids is 4. The SMILES string of the molecule is CCC1C(=O)NC(=O)CN1C(=O)CCNC(=O)C(C)(C)C. The second-order valence-corrected chi connectivity index (χ2v) is 6.11. The van der Waals surface area contributed by atoms with Crippen molar-refractivity contribution in [3.63, 3.8) is 0 Å². The Hall–Kier alpha value is -1.92. The first kappa shape index (κ1) is 17.1. The Morgan fingerprint density at radius 2 is 1.95 bits per heavy atom. The quantitative estimate of drug-likeness (QED) is 0.703. The average molecular weight is 297 g/mol. The third-order valence-electron chi connectivity index (χ3n) is 3.27. The highest BCUT2D eigenvalue weighted by Gasteiger charge is 2.35. The van der Waals surface area contributed by atoms with Crippen LogP contribution in [0.4, 0.5) is 0 Å². The summed E-state index contributed by atoms with van der Waals surface area (Å²) in [7, 11) is 0.